The largest absolute Gasteiger partial charge is 0.493 e. The molecule has 3 rings (SSSR count). The van der Waals surface area contributed by atoms with Crippen LogP contribution in [0.4, 0.5) is 0 Å². The lowest BCUT2D eigenvalue weighted by Gasteiger charge is -2.14. The number of hydrogen-bond acceptors (Lipinski definition) is 7. The highest BCUT2D eigenvalue weighted by molar-refractivity contribution is 5.98. The Hall–Kier alpha value is -3.61. The van der Waals surface area contributed by atoms with Crippen molar-refractivity contribution in [3.63, 3.8) is 0 Å². The number of para-hydroxylation sites is 1. The van der Waals surface area contributed by atoms with E-state index in [1.165, 1.54) is 14.2 Å². The Morgan fingerprint density at radius 3 is 2.47 bits per heavy atom. The number of hydrogen-bond donors (Lipinski definition) is 0. The lowest BCUT2D eigenvalue weighted by molar-refractivity contribution is 0.0455. The van der Waals surface area contributed by atoms with Gasteiger partial charge in [-0.3, -0.25) is 0 Å². The van der Waals surface area contributed by atoms with Gasteiger partial charge in [-0.05, 0) is 43.7 Å². The Morgan fingerprint density at radius 1 is 1.00 bits per heavy atom. The summed E-state index contributed by atoms with van der Waals surface area (Å²) in [6.07, 6.45) is 0. The molecule has 0 radical (unpaired) electrons. The van der Waals surface area contributed by atoms with Crippen molar-refractivity contribution in [2.45, 2.75) is 20.5 Å². The molecule has 0 aliphatic carbocycles. The third-order valence-corrected chi connectivity index (χ3v) is 4.66. The summed E-state index contributed by atoms with van der Waals surface area (Å²) in [7, 11) is 2.83. The lowest BCUT2D eigenvalue weighted by Crippen LogP contribution is -2.14. The second kappa shape index (κ2) is 9.26. The Balaban J connectivity index is 1.90. The van der Waals surface area contributed by atoms with E-state index in [1.807, 2.05) is 38.1 Å². The van der Waals surface area contributed by atoms with E-state index in [4.69, 9.17) is 18.9 Å². The third-order valence-electron chi connectivity index (χ3n) is 4.66. The minimum Gasteiger partial charge on any atom is -0.493 e. The van der Waals surface area contributed by atoms with Gasteiger partial charge in [-0.25, -0.2) is 14.6 Å². The van der Waals surface area contributed by atoms with Gasteiger partial charge < -0.3 is 18.9 Å². The number of ether oxygens (including phenoxy) is 4. The molecule has 30 heavy (non-hydrogen) atoms. The molecule has 0 fully saturated rings. The SMILES string of the molecule is CCOc1cc(C(=O)OCc2nc3ccccc3c(C)c2C(=O)OC)ccc1OC. The van der Waals surface area contributed by atoms with Crippen LogP contribution in [0.5, 0.6) is 11.5 Å². The molecule has 0 unspecified atom stereocenters. The molecule has 7 nitrogen and oxygen atoms in total. The first-order chi connectivity index (χ1) is 14.5. The molecule has 0 bridgehead atoms. The van der Waals surface area contributed by atoms with Crippen molar-refractivity contribution in [3.05, 3.63) is 64.8 Å². The molecule has 1 heterocycles. The Kier molecular flexibility index (Phi) is 6.51. The van der Waals surface area contributed by atoms with Crippen LogP contribution in [0.3, 0.4) is 0 Å². The quantitative estimate of drug-likeness (QED) is 0.543. The van der Waals surface area contributed by atoms with Crippen molar-refractivity contribution >= 4 is 22.8 Å². The predicted molar refractivity (Wildman–Crippen MR) is 111 cm³/mol. The van der Waals surface area contributed by atoms with Gasteiger partial charge in [-0.1, -0.05) is 18.2 Å². The molecule has 0 N–H and O–H groups in total. The first-order valence-electron chi connectivity index (χ1n) is 9.44. The van der Waals surface area contributed by atoms with Gasteiger partial charge in [0.1, 0.15) is 6.61 Å². The fourth-order valence-electron chi connectivity index (χ4n) is 3.21. The van der Waals surface area contributed by atoms with Crippen molar-refractivity contribution < 1.29 is 28.5 Å². The van der Waals surface area contributed by atoms with Crippen LogP contribution in [0.15, 0.2) is 42.5 Å². The fraction of sp³-hybridized carbons (Fsp3) is 0.261. The molecule has 0 saturated carbocycles. The van der Waals surface area contributed by atoms with Crippen LogP contribution in [0.2, 0.25) is 0 Å². The van der Waals surface area contributed by atoms with Crippen LogP contribution in [0.25, 0.3) is 10.9 Å². The van der Waals surface area contributed by atoms with Crippen molar-refractivity contribution in [1.82, 2.24) is 4.98 Å². The molecule has 156 valence electrons. The number of nitrogens with zero attached hydrogens (tertiary/aromatic N) is 1. The Labute approximate surface area is 174 Å². The summed E-state index contributed by atoms with van der Waals surface area (Å²) >= 11 is 0. The standard InChI is InChI=1S/C23H23NO6/c1-5-29-20-12-15(10-11-19(20)27-3)22(25)30-13-18-21(23(26)28-4)14(2)16-8-6-7-9-17(16)24-18/h6-12H,5,13H2,1-4H3. The first kappa shape index (κ1) is 21.1. The normalized spacial score (nSPS) is 10.5. The molecule has 2 aromatic carbocycles. The van der Waals surface area contributed by atoms with E-state index in [0.717, 1.165) is 10.9 Å². The maximum Gasteiger partial charge on any atom is 0.340 e. The number of carbonyl (C=O) groups excluding carboxylic acids is 2. The zero-order valence-electron chi connectivity index (χ0n) is 17.4. The molecule has 1 aromatic heterocycles. The van der Waals surface area contributed by atoms with Gasteiger partial charge in [0.05, 0.1) is 43.2 Å². The first-order valence-corrected chi connectivity index (χ1v) is 9.44. The zero-order chi connectivity index (χ0) is 21.7. The van der Waals surface area contributed by atoms with Crippen LogP contribution in [-0.2, 0) is 16.1 Å². The Bertz CT molecular complexity index is 1090. The van der Waals surface area contributed by atoms with Gasteiger partial charge in [0, 0.05) is 5.39 Å². The summed E-state index contributed by atoms with van der Waals surface area (Å²) < 4.78 is 21.1. The van der Waals surface area contributed by atoms with Gasteiger partial charge in [0.2, 0.25) is 0 Å². The van der Waals surface area contributed by atoms with Crippen molar-refractivity contribution in [3.8, 4) is 11.5 Å². The van der Waals surface area contributed by atoms with Crippen LogP contribution in [0.1, 0.15) is 38.9 Å². The molecule has 0 aliphatic rings. The van der Waals surface area contributed by atoms with E-state index < -0.39 is 11.9 Å². The lowest BCUT2D eigenvalue weighted by atomic mass is 10.0. The molecule has 0 aliphatic heterocycles. The number of carbonyl (C=O) groups is 2. The van der Waals surface area contributed by atoms with E-state index >= 15 is 0 Å². The fourth-order valence-corrected chi connectivity index (χ4v) is 3.21. The summed E-state index contributed by atoms with van der Waals surface area (Å²) in [5, 5.41) is 0.837. The topological polar surface area (TPSA) is 84.0 Å². The van der Waals surface area contributed by atoms with Gasteiger partial charge in [0.25, 0.3) is 0 Å². The zero-order valence-corrected chi connectivity index (χ0v) is 17.4. The highest BCUT2D eigenvalue weighted by Crippen LogP contribution is 2.29. The number of esters is 2. The van der Waals surface area contributed by atoms with E-state index in [2.05, 4.69) is 4.98 Å². The predicted octanol–water partition coefficient (Wildman–Crippen LogP) is 4.09. The number of pyridine rings is 1. The Morgan fingerprint density at radius 2 is 1.77 bits per heavy atom. The summed E-state index contributed by atoms with van der Waals surface area (Å²) in [5.74, 6) is -0.125. The molecule has 7 heteroatoms. The van der Waals surface area contributed by atoms with Crippen LogP contribution in [-0.4, -0.2) is 37.7 Å². The number of fused-ring (bicyclic) bond motifs is 1. The average Bonchev–Trinajstić information content (AvgIpc) is 2.77. The maximum absolute atomic E-state index is 12.6. The van der Waals surface area contributed by atoms with Crippen LogP contribution in [0, 0.1) is 6.92 Å². The summed E-state index contributed by atoms with van der Waals surface area (Å²) in [5.41, 5.74) is 2.37. The number of aryl methyl sites for hydroxylation is 1. The van der Waals surface area contributed by atoms with Gasteiger partial charge >= 0.3 is 11.9 Å². The van der Waals surface area contributed by atoms with E-state index in [1.54, 1.807) is 18.2 Å². The molecular formula is C23H23NO6. The number of benzene rings is 2. The third kappa shape index (κ3) is 4.20. The van der Waals surface area contributed by atoms with E-state index in [9.17, 15) is 9.59 Å². The number of methoxy groups -OCH3 is 2. The van der Waals surface area contributed by atoms with Gasteiger partial charge in [0.15, 0.2) is 11.5 Å². The molecule has 0 amide bonds. The molecule has 3 aromatic rings. The van der Waals surface area contributed by atoms with Crippen molar-refractivity contribution in [2.24, 2.45) is 0 Å². The average molecular weight is 409 g/mol. The monoisotopic (exact) mass is 409 g/mol. The second-order valence-corrected chi connectivity index (χ2v) is 6.44. The van der Waals surface area contributed by atoms with Crippen LogP contribution >= 0.6 is 0 Å². The molecule has 0 atom stereocenters. The minimum atomic E-state index is -0.568. The maximum atomic E-state index is 12.6. The van der Waals surface area contributed by atoms with Gasteiger partial charge in [-0.15, -0.1) is 0 Å². The highest BCUT2D eigenvalue weighted by atomic mass is 16.5. The van der Waals surface area contributed by atoms with Crippen molar-refractivity contribution in [2.75, 3.05) is 20.8 Å². The summed E-state index contributed by atoms with van der Waals surface area (Å²) in [4.78, 5) is 29.5. The minimum absolute atomic E-state index is 0.176. The smallest absolute Gasteiger partial charge is 0.340 e. The van der Waals surface area contributed by atoms with E-state index in [-0.39, 0.29) is 6.61 Å². The van der Waals surface area contributed by atoms with E-state index in [0.29, 0.717) is 40.4 Å². The molecule has 0 spiro atoms. The summed E-state index contributed by atoms with van der Waals surface area (Å²) in [6, 6.07) is 12.2. The molecule has 0 saturated heterocycles. The number of aromatic nitrogens is 1. The van der Waals surface area contributed by atoms with Gasteiger partial charge in [-0.2, -0.15) is 0 Å². The number of rotatable bonds is 7. The van der Waals surface area contributed by atoms with Crippen molar-refractivity contribution in [1.29, 1.82) is 0 Å². The van der Waals surface area contributed by atoms with Crippen LogP contribution < -0.4 is 9.47 Å². The summed E-state index contributed by atoms with van der Waals surface area (Å²) in [6.45, 7) is 3.91. The second-order valence-electron chi connectivity index (χ2n) is 6.44. The molecular weight excluding hydrogens is 386 g/mol. The highest BCUT2D eigenvalue weighted by Gasteiger charge is 2.21.